The number of hydrogen-bond donors (Lipinski definition) is 0. The molecule has 6 rings (SSSR count). The van der Waals surface area contributed by atoms with Gasteiger partial charge in [-0.05, 0) is 116 Å². The summed E-state index contributed by atoms with van der Waals surface area (Å²) in [5.74, 6) is 3.33. The second-order valence-corrected chi connectivity index (χ2v) is 16.1. The topological polar surface area (TPSA) is 63.7 Å². The van der Waals surface area contributed by atoms with Crippen LogP contribution in [0, 0.1) is 28.6 Å². The molecule has 5 nitrogen and oxygen atoms in total. The van der Waals surface area contributed by atoms with Crippen LogP contribution < -0.4 is 4.74 Å². The van der Waals surface area contributed by atoms with Gasteiger partial charge in [0.15, 0.2) is 0 Å². The van der Waals surface area contributed by atoms with E-state index in [2.05, 4.69) is 26.0 Å². The number of nitrogens with zero attached hydrogens (tertiary/aromatic N) is 1. The quantitative estimate of drug-likeness (QED) is 0.103. The van der Waals surface area contributed by atoms with Crippen molar-refractivity contribution in [1.29, 1.82) is 0 Å². The Morgan fingerprint density at radius 2 is 1.58 bits per heavy atom. The highest BCUT2D eigenvalue weighted by Crippen LogP contribution is 2.75. The summed E-state index contributed by atoms with van der Waals surface area (Å²) in [5.41, 5.74) is 3.52. The minimum Gasteiger partial charge on any atom is -0.423 e. The molecule has 0 heterocycles. The van der Waals surface area contributed by atoms with Gasteiger partial charge in [0, 0.05) is 31.8 Å². The van der Waals surface area contributed by atoms with Crippen molar-refractivity contribution in [3.05, 3.63) is 65.2 Å². The first-order chi connectivity index (χ1) is 23.3. The molecule has 2 aromatic rings. The molecule has 5 heteroatoms. The lowest BCUT2D eigenvalue weighted by molar-refractivity contribution is -0.130. The Labute approximate surface area is 289 Å². The number of fused-ring (bicyclic) bond motifs is 6. The largest absolute Gasteiger partial charge is 0.423 e. The predicted molar refractivity (Wildman–Crippen MR) is 192 cm³/mol. The molecule has 3 unspecified atom stereocenters. The SMILES string of the molecule is CCCCN(C)C(=O)CCCCCCCCCC[C@@H]1Cc2cc(OC(=O)c3ccccc3)ccc2C2CC[C@@]3(C)C(CC(=O)C34CC4)C21. The van der Waals surface area contributed by atoms with Gasteiger partial charge in [0.2, 0.25) is 5.91 Å². The maximum absolute atomic E-state index is 13.5. The summed E-state index contributed by atoms with van der Waals surface area (Å²) < 4.78 is 5.87. The number of Topliss-reactive ketones (excluding diaryl/α,β-unsaturated/α-hetero) is 1. The van der Waals surface area contributed by atoms with Crippen molar-refractivity contribution in [2.75, 3.05) is 13.6 Å². The van der Waals surface area contributed by atoms with Crippen LogP contribution in [0.3, 0.4) is 0 Å². The van der Waals surface area contributed by atoms with Crippen LogP contribution in [-0.2, 0) is 16.0 Å². The second kappa shape index (κ2) is 15.3. The molecular weight excluding hydrogens is 594 g/mol. The number of amides is 1. The van der Waals surface area contributed by atoms with Gasteiger partial charge in [-0.3, -0.25) is 9.59 Å². The summed E-state index contributed by atoms with van der Waals surface area (Å²) >= 11 is 0. The Bertz CT molecular complexity index is 1430. The molecule has 0 bridgehead atoms. The van der Waals surface area contributed by atoms with Crippen LogP contribution in [0.1, 0.15) is 150 Å². The van der Waals surface area contributed by atoms with Gasteiger partial charge in [-0.1, -0.05) is 89.5 Å². The standard InChI is InChI=1S/C43H59NO4/c1-4-5-27-44(3)39(46)20-16-11-9-7-6-8-10-13-19-32-28-33-29-34(48-41(47)31-17-14-12-15-18-31)21-22-35(33)36-23-24-42(2)37(40(32)36)30-38(45)43(42)25-26-43/h12,14-15,17-18,21-22,29,32,36-37,40H,4-11,13,16,19-20,23-28,30H2,1-3H3/t32-,36?,37?,40?,42+/m1/s1. The molecule has 1 spiro atoms. The van der Waals surface area contributed by atoms with Gasteiger partial charge in [0.1, 0.15) is 11.5 Å². The fourth-order valence-electron chi connectivity index (χ4n) is 10.3. The number of benzene rings is 2. The second-order valence-electron chi connectivity index (χ2n) is 16.1. The maximum Gasteiger partial charge on any atom is 0.343 e. The van der Waals surface area contributed by atoms with Gasteiger partial charge < -0.3 is 9.64 Å². The molecule has 0 N–H and O–H groups in total. The van der Waals surface area contributed by atoms with E-state index in [1.807, 2.05) is 36.2 Å². The number of esters is 1. The van der Waals surface area contributed by atoms with Crippen molar-refractivity contribution in [3.63, 3.8) is 0 Å². The minimum atomic E-state index is -0.308. The zero-order valence-electron chi connectivity index (χ0n) is 29.9. The number of unbranched alkanes of at least 4 members (excludes halogenated alkanes) is 8. The van der Waals surface area contributed by atoms with Crippen molar-refractivity contribution < 1.29 is 19.1 Å². The minimum absolute atomic E-state index is 0.0127. The number of ketones is 1. The van der Waals surface area contributed by atoms with E-state index in [0.29, 0.717) is 53.1 Å². The van der Waals surface area contributed by atoms with Crippen molar-refractivity contribution in [2.45, 2.75) is 135 Å². The van der Waals surface area contributed by atoms with Gasteiger partial charge in [-0.15, -0.1) is 0 Å². The molecule has 4 aliphatic rings. The van der Waals surface area contributed by atoms with E-state index < -0.39 is 0 Å². The third kappa shape index (κ3) is 7.17. The summed E-state index contributed by atoms with van der Waals surface area (Å²) in [7, 11) is 1.94. The molecule has 0 saturated heterocycles. The van der Waals surface area contributed by atoms with Crippen LogP contribution in [0.5, 0.6) is 5.75 Å². The highest BCUT2D eigenvalue weighted by molar-refractivity contribution is 5.92. The average molecular weight is 654 g/mol. The molecule has 5 atom stereocenters. The van der Waals surface area contributed by atoms with Gasteiger partial charge in [0.25, 0.3) is 0 Å². The van der Waals surface area contributed by atoms with Crippen LogP contribution in [0.25, 0.3) is 0 Å². The van der Waals surface area contributed by atoms with E-state index in [0.717, 1.165) is 64.3 Å². The summed E-state index contributed by atoms with van der Waals surface area (Å²) in [6.07, 6.45) is 20.2. The van der Waals surface area contributed by atoms with Crippen LogP contribution in [-0.4, -0.2) is 36.2 Å². The molecular formula is C43H59NO4. The van der Waals surface area contributed by atoms with Gasteiger partial charge in [0.05, 0.1) is 5.56 Å². The van der Waals surface area contributed by atoms with E-state index in [4.69, 9.17) is 4.74 Å². The van der Waals surface area contributed by atoms with Crippen LogP contribution in [0.15, 0.2) is 48.5 Å². The Morgan fingerprint density at radius 3 is 2.29 bits per heavy atom. The van der Waals surface area contributed by atoms with Crippen LogP contribution in [0.2, 0.25) is 0 Å². The van der Waals surface area contributed by atoms with Crippen molar-refractivity contribution in [2.24, 2.45) is 28.6 Å². The fraction of sp³-hybridized carbons (Fsp3) is 0.651. The highest BCUT2D eigenvalue weighted by Gasteiger charge is 2.71. The lowest BCUT2D eigenvalue weighted by Gasteiger charge is -2.53. The first-order valence-corrected chi connectivity index (χ1v) is 19.4. The van der Waals surface area contributed by atoms with E-state index in [-0.39, 0.29) is 16.8 Å². The van der Waals surface area contributed by atoms with Crippen molar-refractivity contribution in [3.8, 4) is 5.75 Å². The Kier molecular flexibility index (Phi) is 11.1. The van der Waals surface area contributed by atoms with Crippen molar-refractivity contribution in [1.82, 2.24) is 4.90 Å². The summed E-state index contributed by atoms with van der Waals surface area (Å²) in [6, 6.07) is 15.6. The Morgan fingerprint density at radius 1 is 0.875 bits per heavy atom. The Hall–Kier alpha value is -2.95. The summed E-state index contributed by atoms with van der Waals surface area (Å²) in [6.45, 7) is 5.53. The van der Waals surface area contributed by atoms with Crippen LogP contribution >= 0.6 is 0 Å². The van der Waals surface area contributed by atoms with E-state index in [9.17, 15) is 14.4 Å². The molecule has 4 aliphatic carbocycles. The van der Waals surface area contributed by atoms with E-state index in [1.165, 1.54) is 62.5 Å². The van der Waals surface area contributed by atoms with Gasteiger partial charge in [-0.25, -0.2) is 4.79 Å². The number of rotatable bonds is 16. The molecule has 0 aromatic heterocycles. The number of ether oxygens (including phenoxy) is 1. The maximum atomic E-state index is 13.5. The van der Waals surface area contributed by atoms with Gasteiger partial charge >= 0.3 is 5.97 Å². The summed E-state index contributed by atoms with van der Waals surface area (Å²) in [4.78, 5) is 40.5. The molecule has 3 fully saturated rings. The van der Waals surface area contributed by atoms with Crippen molar-refractivity contribution >= 4 is 17.7 Å². The van der Waals surface area contributed by atoms with E-state index in [1.54, 1.807) is 12.1 Å². The smallest absolute Gasteiger partial charge is 0.343 e. The molecule has 48 heavy (non-hydrogen) atoms. The normalized spacial score (nSPS) is 26.4. The molecule has 3 saturated carbocycles. The number of carbonyl (C=O) groups is 3. The zero-order valence-corrected chi connectivity index (χ0v) is 29.9. The highest BCUT2D eigenvalue weighted by atomic mass is 16.5. The first kappa shape index (κ1) is 34.9. The zero-order chi connectivity index (χ0) is 33.7. The average Bonchev–Trinajstić information content (AvgIpc) is 3.88. The third-order valence-corrected chi connectivity index (χ3v) is 13.3. The first-order valence-electron chi connectivity index (χ1n) is 19.4. The van der Waals surface area contributed by atoms with E-state index >= 15 is 0 Å². The molecule has 0 aliphatic heterocycles. The summed E-state index contributed by atoms with van der Waals surface area (Å²) in [5, 5.41) is 0. The monoisotopic (exact) mass is 653 g/mol. The number of carbonyl (C=O) groups excluding carboxylic acids is 3. The molecule has 2 aromatic carbocycles. The predicted octanol–water partition coefficient (Wildman–Crippen LogP) is 10.1. The number of hydrogen-bond acceptors (Lipinski definition) is 4. The lowest BCUT2D eigenvalue weighted by Crippen LogP contribution is -2.46. The fourth-order valence-corrected chi connectivity index (χ4v) is 10.3. The Balaban J connectivity index is 1.04. The molecule has 260 valence electrons. The van der Waals surface area contributed by atoms with Crippen LogP contribution in [0.4, 0.5) is 0 Å². The van der Waals surface area contributed by atoms with Gasteiger partial charge in [-0.2, -0.15) is 0 Å². The molecule has 0 radical (unpaired) electrons. The third-order valence-electron chi connectivity index (χ3n) is 13.3. The lowest BCUT2D eigenvalue weighted by atomic mass is 9.50. The molecule has 1 amide bonds.